The second-order valence-electron chi connectivity index (χ2n) is 4.22. The molecule has 0 saturated heterocycles. The smallest absolute Gasteiger partial charge is 0.221 e. The lowest BCUT2D eigenvalue weighted by Crippen LogP contribution is -2.23. The van der Waals surface area contributed by atoms with Gasteiger partial charge in [-0.2, -0.15) is 5.10 Å². The van der Waals surface area contributed by atoms with Gasteiger partial charge in [0.15, 0.2) is 4.60 Å². The molecule has 0 unspecified atom stereocenters. The van der Waals surface area contributed by atoms with Gasteiger partial charge in [0.05, 0.1) is 5.54 Å². The van der Waals surface area contributed by atoms with Crippen molar-refractivity contribution in [2.75, 3.05) is 5.32 Å². The number of rotatable bonds is 1. The molecule has 0 aliphatic heterocycles. The minimum Gasteiger partial charge on any atom is -0.322 e. The van der Waals surface area contributed by atoms with Crippen molar-refractivity contribution in [1.29, 1.82) is 0 Å². The highest BCUT2D eigenvalue weighted by Gasteiger charge is 2.22. The molecule has 1 aromatic rings. The normalized spacial score (nSPS) is 11.6. The van der Waals surface area contributed by atoms with Crippen LogP contribution in [0.4, 0.5) is 5.69 Å². The zero-order chi connectivity index (χ0) is 11.8. The Bertz CT molecular complexity index is 393. The summed E-state index contributed by atoms with van der Waals surface area (Å²) in [6.07, 6.45) is 0. The predicted molar refractivity (Wildman–Crippen MR) is 66.9 cm³/mol. The molecular formula is C9H13Br2N3O. The molecule has 15 heavy (non-hydrogen) atoms. The number of aromatic nitrogens is 2. The van der Waals surface area contributed by atoms with Gasteiger partial charge in [0.25, 0.3) is 0 Å². The third kappa shape index (κ3) is 2.81. The Kier molecular flexibility index (Phi) is 3.60. The van der Waals surface area contributed by atoms with Gasteiger partial charge in [-0.15, -0.1) is 0 Å². The Balaban J connectivity index is 3.21. The fourth-order valence-electron chi connectivity index (χ4n) is 1.10. The molecule has 0 radical (unpaired) electrons. The molecule has 0 aromatic carbocycles. The van der Waals surface area contributed by atoms with Gasteiger partial charge in [0.1, 0.15) is 10.3 Å². The second kappa shape index (κ2) is 4.25. The Labute approximate surface area is 106 Å². The molecule has 0 bridgehead atoms. The van der Waals surface area contributed by atoms with Crippen LogP contribution in [0.25, 0.3) is 0 Å². The van der Waals surface area contributed by atoms with E-state index in [1.807, 2.05) is 25.5 Å². The van der Waals surface area contributed by atoms with E-state index in [9.17, 15) is 4.79 Å². The number of hydrogen-bond donors (Lipinski definition) is 1. The van der Waals surface area contributed by atoms with Gasteiger partial charge in [0, 0.05) is 6.92 Å². The van der Waals surface area contributed by atoms with Gasteiger partial charge in [0.2, 0.25) is 5.91 Å². The number of hydrogen-bond acceptors (Lipinski definition) is 2. The van der Waals surface area contributed by atoms with E-state index in [2.05, 4.69) is 42.3 Å². The van der Waals surface area contributed by atoms with Gasteiger partial charge in [-0.05, 0) is 52.6 Å². The molecular weight excluding hydrogens is 326 g/mol. The van der Waals surface area contributed by atoms with E-state index >= 15 is 0 Å². The zero-order valence-electron chi connectivity index (χ0n) is 9.06. The Hall–Kier alpha value is -0.360. The van der Waals surface area contributed by atoms with Crippen LogP contribution in [0.3, 0.4) is 0 Å². The van der Waals surface area contributed by atoms with E-state index in [4.69, 9.17) is 0 Å². The van der Waals surface area contributed by atoms with Gasteiger partial charge >= 0.3 is 0 Å². The topological polar surface area (TPSA) is 46.9 Å². The zero-order valence-corrected chi connectivity index (χ0v) is 12.2. The average molecular weight is 339 g/mol. The minimum atomic E-state index is -0.141. The van der Waals surface area contributed by atoms with Gasteiger partial charge in [-0.1, -0.05) is 0 Å². The van der Waals surface area contributed by atoms with E-state index in [1.54, 1.807) is 0 Å². The van der Waals surface area contributed by atoms with Gasteiger partial charge in [-0.25, -0.2) is 4.68 Å². The molecule has 1 rings (SSSR count). The number of amides is 1. The monoisotopic (exact) mass is 337 g/mol. The van der Waals surface area contributed by atoms with Crippen LogP contribution in [0.1, 0.15) is 27.7 Å². The summed E-state index contributed by atoms with van der Waals surface area (Å²) in [5.74, 6) is -0.121. The van der Waals surface area contributed by atoms with Crippen molar-refractivity contribution in [1.82, 2.24) is 9.78 Å². The first-order valence-electron chi connectivity index (χ1n) is 4.45. The van der Waals surface area contributed by atoms with E-state index in [0.717, 1.165) is 4.60 Å². The molecule has 1 aromatic heterocycles. The second-order valence-corrected chi connectivity index (χ2v) is 5.72. The summed E-state index contributed by atoms with van der Waals surface area (Å²) < 4.78 is 3.19. The van der Waals surface area contributed by atoms with Crippen LogP contribution in [-0.2, 0) is 10.3 Å². The highest BCUT2D eigenvalue weighted by atomic mass is 79.9. The van der Waals surface area contributed by atoms with Crippen LogP contribution < -0.4 is 5.32 Å². The lowest BCUT2D eigenvalue weighted by atomic mass is 10.1. The van der Waals surface area contributed by atoms with Crippen molar-refractivity contribution >= 4 is 43.5 Å². The van der Waals surface area contributed by atoms with E-state index in [-0.39, 0.29) is 11.4 Å². The van der Waals surface area contributed by atoms with Crippen molar-refractivity contribution in [3.8, 4) is 0 Å². The number of nitrogens with zero attached hydrogens (tertiary/aromatic N) is 2. The average Bonchev–Trinajstić information content (AvgIpc) is 2.30. The van der Waals surface area contributed by atoms with Crippen LogP contribution in [0, 0.1) is 0 Å². The lowest BCUT2D eigenvalue weighted by molar-refractivity contribution is -0.114. The van der Waals surface area contributed by atoms with Crippen LogP contribution >= 0.6 is 31.9 Å². The highest BCUT2D eigenvalue weighted by Crippen LogP contribution is 2.34. The van der Waals surface area contributed by atoms with Crippen molar-refractivity contribution in [2.24, 2.45) is 0 Å². The van der Waals surface area contributed by atoms with E-state index < -0.39 is 0 Å². The molecule has 1 amide bonds. The molecule has 4 nitrogen and oxygen atoms in total. The summed E-state index contributed by atoms with van der Waals surface area (Å²) in [6, 6.07) is 0. The number of halogens is 2. The highest BCUT2D eigenvalue weighted by molar-refractivity contribution is 9.11. The standard InChI is InChI=1S/C9H13Br2N3O/c1-5(15)12-6-7(10)13-14(8(6)11)9(2,3)4/h1-4H3,(H,12,15). The third-order valence-electron chi connectivity index (χ3n) is 1.72. The van der Waals surface area contributed by atoms with Crippen LogP contribution in [0.2, 0.25) is 0 Å². The van der Waals surface area contributed by atoms with Crippen LogP contribution in [-0.4, -0.2) is 15.7 Å². The maximum Gasteiger partial charge on any atom is 0.221 e. The molecule has 6 heteroatoms. The van der Waals surface area contributed by atoms with Crippen LogP contribution in [0.5, 0.6) is 0 Å². The first kappa shape index (κ1) is 12.7. The van der Waals surface area contributed by atoms with Gasteiger partial charge in [-0.3, -0.25) is 4.79 Å². The summed E-state index contributed by atoms with van der Waals surface area (Å²) in [5.41, 5.74) is 0.523. The number of nitrogens with one attached hydrogen (secondary N) is 1. The summed E-state index contributed by atoms with van der Waals surface area (Å²) in [4.78, 5) is 11.0. The summed E-state index contributed by atoms with van der Waals surface area (Å²) >= 11 is 6.73. The fraction of sp³-hybridized carbons (Fsp3) is 0.556. The Morgan fingerprint density at radius 1 is 1.40 bits per heavy atom. The maximum atomic E-state index is 11.0. The van der Waals surface area contributed by atoms with Crippen molar-refractivity contribution < 1.29 is 4.79 Å². The Morgan fingerprint density at radius 3 is 2.27 bits per heavy atom. The summed E-state index contributed by atoms with van der Waals surface area (Å²) in [5, 5.41) is 7.02. The number of carbonyl (C=O) groups excluding carboxylic acids is 1. The molecule has 1 N–H and O–H groups in total. The van der Waals surface area contributed by atoms with Gasteiger partial charge < -0.3 is 5.32 Å². The molecule has 0 saturated carbocycles. The largest absolute Gasteiger partial charge is 0.322 e. The molecule has 84 valence electrons. The fourth-order valence-corrected chi connectivity index (χ4v) is 2.71. The molecule has 0 fully saturated rings. The van der Waals surface area contributed by atoms with Crippen molar-refractivity contribution in [3.63, 3.8) is 0 Å². The maximum absolute atomic E-state index is 11.0. The predicted octanol–water partition coefficient (Wildman–Crippen LogP) is 3.12. The first-order chi connectivity index (χ1) is 6.73. The number of anilines is 1. The lowest BCUT2D eigenvalue weighted by Gasteiger charge is -2.20. The summed E-state index contributed by atoms with van der Waals surface area (Å²) in [6.45, 7) is 7.57. The number of carbonyl (C=O) groups is 1. The van der Waals surface area contributed by atoms with E-state index in [0.29, 0.717) is 10.3 Å². The molecule has 0 atom stereocenters. The summed E-state index contributed by atoms with van der Waals surface area (Å²) in [7, 11) is 0. The molecule has 0 spiro atoms. The third-order valence-corrected chi connectivity index (χ3v) is 3.01. The first-order valence-corrected chi connectivity index (χ1v) is 6.04. The van der Waals surface area contributed by atoms with Crippen molar-refractivity contribution in [3.05, 3.63) is 9.21 Å². The quantitative estimate of drug-likeness (QED) is 0.855. The SMILES string of the molecule is CC(=O)Nc1c(Br)nn(C(C)(C)C)c1Br. The molecule has 1 heterocycles. The molecule has 0 aliphatic rings. The Morgan fingerprint density at radius 2 is 1.93 bits per heavy atom. The van der Waals surface area contributed by atoms with Crippen molar-refractivity contribution in [2.45, 2.75) is 33.2 Å². The minimum absolute atomic E-state index is 0.121. The van der Waals surface area contributed by atoms with Crippen LogP contribution in [0.15, 0.2) is 9.21 Å². The molecule has 0 aliphatic carbocycles. The van der Waals surface area contributed by atoms with E-state index in [1.165, 1.54) is 6.92 Å².